The van der Waals surface area contributed by atoms with Gasteiger partial charge in [0.15, 0.2) is 0 Å². The van der Waals surface area contributed by atoms with Gasteiger partial charge in [-0.1, -0.05) is 265 Å². The van der Waals surface area contributed by atoms with Gasteiger partial charge in [0.2, 0.25) is 12.2 Å². The summed E-state index contributed by atoms with van der Waals surface area (Å²) in [5.74, 6) is 2.60. The number of ether oxygens (including phenoxy) is 1. The van der Waals surface area contributed by atoms with Crippen molar-refractivity contribution in [3.63, 3.8) is 0 Å². The minimum atomic E-state index is -0.319. The van der Waals surface area contributed by atoms with Crippen molar-refractivity contribution >= 4 is 21.8 Å². The number of aromatic nitrogens is 5. The molecule has 0 fully saturated rings. The van der Waals surface area contributed by atoms with Crippen LogP contribution in [0.5, 0.6) is 11.5 Å². The van der Waals surface area contributed by atoms with E-state index in [0.29, 0.717) is 23.0 Å². The Balaban J connectivity index is 0.00000833. The Morgan fingerprint density at radius 3 is 1.32 bits per heavy atom. The van der Waals surface area contributed by atoms with Gasteiger partial charge in [-0.05, 0) is 176 Å². The van der Waals surface area contributed by atoms with E-state index in [4.69, 9.17) is 14.8 Å². The fraction of sp³-hybridized carbons (Fsp3) is 0.180. The first-order valence-electron chi connectivity index (χ1n) is 33.0. The molecule has 3 heterocycles. The van der Waals surface area contributed by atoms with Gasteiger partial charge in [0.05, 0.1) is 0 Å². The molecule has 0 amide bonds. The molecule has 0 bridgehead atoms. The van der Waals surface area contributed by atoms with Gasteiger partial charge in [-0.2, -0.15) is 22.4 Å². The van der Waals surface area contributed by atoms with Gasteiger partial charge < -0.3 is 13.9 Å². The van der Waals surface area contributed by atoms with Crippen LogP contribution in [0.15, 0.2) is 261 Å². The summed E-state index contributed by atoms with van der Waals surface area (Å²) in [6.45, 7) is 27.2. The largest absolute Gasteiger partial charge is 0.510 e. The first-order valence-corrected chi connectivity index (χ1v) is 33.0. The number of pyridine rings is 1. The van der Waals surface area contributed by atoms with Crippen molar-refractivity contribution in [3.05, 3.63) is 302 Å². The minimum absolute atomic E-state index is 0. The van der Waals surface area contributed by atoms with E-state index >= 15 is 0 Å². The van der Waals surface area contributed by atoms with E-state index in [-0.39, 0.29) is 42.7 Å². The third-order valence-corrected chi connectivity index (χ3v) is 18.3. The van der Waals surface area contributed by atoms with Crippen molar-refractivity contribution in [2.45, 2.75) is 105 Å². The predicted molar refractivity (Wildman–Crippen MR) is 393 cm³/mol. The molecule has 6 nitrogen and oxygen atoms in total. The van der Waals surface area contributed by atoms with Crippen molar-refractivity contribution in [3.8, 4) is 107 Å². The van der Waals surface area contributed by atoms with Crippen LogP contribution in [0, 0.1) is 18.5 Å². The average Bonchev–Trinajstić information content (AvgIpc) is 1.53. The zero-order chi connectivity index (χ0) is 66.0. The number of hydrogen-bond donors (Lipinski definition) is 0. The molecule has 14 rings (SSSR count). The molecule has 11 aromatic carbocycles. The fourth-order valence-corrected chi connectivity index (χ4v) is 12.8. The molecule has 0 spiro atoms. The van der Waals surface area contributed by atoms with Crippen LogP contribution in [-0.2, 0) is 42.7 Å². The summed E-state index contributed by atoms with van der Waals surface area (Å²) in [6, 6.07) is 99.5. The summed E-state index contributed by atoms with van der Waals surface area (Å²) in [5.41, 5.74) is 21.4. The number of nitrogens with zero attached hydrogens (tertiary/aromatic N) is 5. The molecule has 478 valence electrons. The van der Waals surface area contributed by atoms with Gasteiger partial charge in [0, 0.05) is 55.5 Å². The van der Waals surface area contributed by atoms with Crippen molar-refractivity contribution in [2.24, 2.45) is 0 Å². The molecule has 96 heavy (non-hydrogen) atoms. The summed E-state index contributed by atoms with van der Waals surface area (Å²) >= 11 is 0. The third-order valence-electron chi connectivity index (χ3n) is 18.3. The van der Waals surface area contributed by atoms with E-state index in [1.807, 2.05) is 16.9 Å². The Morgan fingerprint density at radius 2 is 0.833 bits per heavy atom. The molecule has 14 aromatic rings. The Bertz CT molecular complexity index is 4880. The van der Waals surface area contributed by atoms with Crippen LogP contribution in [0.3, 0.4) is 0 Å². The number of benzene rings is 11. The summed E-state index contributed by atoms with van der Waals surface area (Å²) in [6.07, 6.45) is 5.85. The van der Waals surface area contributed by atoms with Gasteiger partial charge in [0.25, 0.3) is 0 Å². The molecule has 0 saturated carbocycles. The molecule has 7 heteroatoms. The topological polar surface area (TPSA) is 48.8 Å². The van der Waals surface area contributed by atoms with Crippen LogP contribution in [0.4, 0.5) is 0 Å². The van der Waals surface area contributed by atoms with Crippen LogP contribution in [-0.4, -0.2) is 19.3 Å². The van der Waals surface area contributed by atoms with Crippen LogP contribution >= 0.6 is 0 Å². The maximum Gasteiger partial charge on any atom is 0.233 e. The molecule has 0 unspecified atom stereocenters. The van der Waals surface area contributed by atoms with Gasteiger partial charge in [-0.15, -0.1) is 29.7 Å². The fourth-order valence-electron chi connectivity index (χ4n) is 12.8. The smallest absolute Gasteiger partial charge is 0.233 e. The number of para-hydroxylation sites is 1. The maximum absolute atomic E-state index is 7.10. The van der Waals surface area contributed by atoms with E-state index in [9.17, 15) is 0 Å². The molecule has 0 radical (unpaired) electrons. The summed E-state index contributed by atoms with van der Waals surface area (Å²) in [7, 11) is 0. The van der Waals surface area contributed by atoms with Crippen LogP contribution in [0.2, 0.25) is 0 Å². The second kappa shape index (κ2) is 25.6. The summed E-state index contributed by atoms with van der Waals surface area (Å²) < 4.78 is 13.4. The standard InChI is InChI=1S/C89H79N5O.Pt/c1-86(2,3)69-42-43-90-83(55-69)94-81-39-26-25-36-79(81)80-41-40-75(57-82(80)94)95-76-54-72(89(10,11)12)53-74(56-76)93-58-92(73-51-70(87(4,5)6)50-71(52-73)88(7,8)9)85(91-93)84-77(67-46-63(59-28-17-13-18-29-59)44-64(47-67)60-30-19-14-20-31-60)37-27-38-78(84)68-48-65(61-32-21-15-22-33-61)45-66(49-68)62-34-23-16-24-35-62;/h13-55H,1-12H3;/q-2;. The SMILES string of the molecule is CC(C)(C)c1cc(Oc2[c-]c3c(cc2)c2ccccc2n3-c2cc(C(C)(C)C)ccn2)[c-]c(-n2[c-][n+](-c3cc(C(C)(C)C)cc(C(C)(C)C)c3)c(-c3c(-c4cc(-c5ccccc5)cc(-c5ccccc5)c4)cccc3-c3cc(-c4ccccc4)cc(-c4ccccc4)c3)n2)c1.[Pt]. The molecule has 0 aliphatic rings. The molecule has 0 saturated heterocycles. The van der Waals surface area contributed by atoms with E-state index in [0.717, 1.165) is 111 Å². The monoisotopic (exact) mass is 1430 g/mol. The normalized spacial score (nSPS) is 12.1. The molecule has 0 aliphatic carbocycles. The summed E-state index contributed by atoms with van der Waals surface area (Å²) in [5, 5.41) is 8.10. The van der Waals surface area contributed by atoms with Crippen LogP contribution in [0.1, 0.15) is 105 Å². The molecular weight excluding hydrogens is 1350 g/mol. The zero-order valence-corrected chi connectivity index (χ0v) is 59.1. The molecule has 0 aliphatic heterocycles. The van der Waals surface area contributed by atoms with Gasteiger partial charge in [0.1, 0.15) is 5.82 Å². The van der Waals surface area contributed by atoms with E-state index in [1.165, 1.54) is 16.7 Å². The first-order chi connectivity index (χ1) is 45.6. The Morgan fingerprint density at radius 1 is 0.375 bits per heavy atom. The maximum atomic E-state index is 7.10. The second-order valence-electron chi connectivity index (χ2n) is 29.3. The average molecular weight is 1430 g/mol. The van der Waals surface area contributed by atoms with E-state index in [1.54, 1.807) is 0 Å². The van der Waals surface area contributed by atoms with E-state index < -0.39 is 0 Å². The van der Waals surface area contributed by atoms with Gasteiger partial charge in [-0.3, -0.25) is 0 Å². The van der Waals surface area contributed by atoms with Crippen LogP contribution < -0.4 is 9.30 Å². The quantitative estimate of drug-likeness (QED) is 0.0905. The molecule has 0 atom stereocenters. The number of fused-ring (bicyclic) bond motifs is 3. The van der Waals surface area contributed by atoms with Gasteiger partial charge >= 0.3 is 0 Å². The zero-order valence-electron chi connectivity index (χ0n) is 56.8. The molecular formula is C89H79N5OPt-2. The van der Waals surface area contributed by atoms with Crippen LogP contribution in [0.25, 0.3) is 117 Å². The third kappa shape index (κ3) is 13.1. The van der Waals surface area contributed by atoms with Crippen molar-refractivity contribution in [1.29, 1.82) is 0 Å². The van der Waals surface area contributed by atoms with E-state index in [2.05, 4.69) is 359 Å². The first kappa shape index (κ1) is 64.7. The Kier molecular flexibility index (Phi) is 17.3. The number of hydrogen-bond acceptors (Lipinski definition) is 3. The van der Waals surface area contributed by atoms with Crippen molar-refractivity contribution in [2.75, 3.05) is 0 Å². The molecule has 0 N–H and O–H groups in total. The minimum Gasteiger partial charge on any atom is -0.510 e. The van der Waals surface area contributed by atoms with Crippen molar-refractivity contribution < 1.29 is 30.4 Å². The number of rotatable bonds is 12. The van der Waals surface area contributed by atoms with Gasteiger partial charge in [-0.25, -0.2) is 4.98 Å². The second-order valence-corrected chi connectivity index (χ2v) is 29.3. The Hall–Kier alpha value is -10.0. The van der Waals surface area contributed by atoms with Crippen molar-refractivity contribution in [1.82, 2.24) is 19.3 Å². The predicted octanol–water partition coefficient (Wildman–Crippen LogP) is 22.7. The summed E-state index contributed by atoms with van der Waals surface area (Å²) in [4.78, 5) is 4.97. The Labute approximate surface area is 580 Å². The molecule has 3 aromatic heterocycles.